The highest BCUT2D eigenvalue weighted by Gasteiger charge is 2.27. The zero-order valence-corrected chi connectivity index (χ0v) is 15.8. The SMILES string of the molecule is C=C1NC(=O)C(c2ccc(-c3nc4nccnc4n3-c3ccc(C)cc3)cc2)N1. The molecule has 142 valence electrons. The van der Waals surface area contributed by atoms with Gasteiger partial charge in [0.15, 0.2) is 11.3 Å². The van der Waals surface area contributed by atoms with Crippen molar-refractivity contribution in [1.29, 1.82) is 0 Å². The van der Waals surface area contributed by atoms with E-state index in [2.05, 4.69) is 46.2 Å². The fourth-order valence-corrected chi connectivity index (χ4v) is 3.50. The van der Waals surface area contributed by atoms with Crippen molar-refractivity contribution in [2.24, 2.45) is 0 Å². The lowest BCUT2D eigenvalue weighted by Crippen LogP contribution is -2.19. The zero-order chi connectivity index (χ0) is 20.0. The van der Waals surface area contributed by atoms with Gasteiger partial charge in [0.1, 0.15) is 11.9 Å². The summed E-state index contributed by atoms with van der Waals surface area (Å²) in [6.45, 7) is 5.80. The molecular weight excluding hydrogens is 364 g/mol. The third-order valence-corrected chi connectivity index (χ3v) is 4.94. The third-order valence-electron chi connectivity index (χ3n) is 4.94. The number of amides is 1. The maximum absolute atomic E-state index is 12.1. The van der Waals surface area contributed by atoms with E-state index >= 15 is 0 Å². The standard InChI is InChI=1S/C22H18N6O/c1-13-3-9-17(10-4-13)28-20(27-19-21(28)24-12-11-23-19)16-7-5-15(6-8-16)18-22(29)26-14(2)25-18/h3-12,18,25H,2H2,1H3,(H,26,29). The Balaban J connectivity index is 1.62. The predicted molar refractivity (Wildman–Crippen MR) is 110 cm³/mol. The largest absolute Gasteiger partial charge is 0.357 e. The number of hydrogen-bond acceptors (Lipinski definition) is 5. The van der Waals surface area contributed by atoms with Crippen LogP contribution in [0.15, 0.2) is 73.3 Å². The summed E-state index contributed by atoms with van der Waals surface area (Å²) < 4.78 is 2.00. The first-order valence-electron chi connectivity index (χ1n) is 9.23. The lowest BCUT2D eigenvalue weighted by Gasteiger charge is -2.11. The van der Waals surface area contributed by atoms with E-state index in [9.17, 15) is 4.79 Å². The first kappa shape index (κ1) is 17.1. The monoisotopic (exact) mass is 382 g/mol. The summed E-state index contributed by atoms with van der Waals surface area (Å²) >= 11 is 0. The zero-order valence-electron chi connectivity index (χ0n) is 15.8. The summed E-state index contributed by atoms with van der Waals surface area (Å²) in [4.78, 5) is 25.6. The molecule has 1 saturated heterocycles. The molecule has 0 spiro atoms. The van der Waals surface area contributed by atoms with E-state index in [4.69, 9.17) is 4.98 Å². The molecule has 5 rings (SSSR count). The Morgan fingerprint density at radius 3 is 2.41 bits per heavy atom. The van der Waals surface area contributed by atoms with E-state index < -0.39 is 6.04 Å². The maximum Gasteiger partial charge on any atom is 0.252 e. The molecule has 7 heteroatoms. The Morgan fingerprint density at radius 1 is 1.00 bits per heavy atom. The molecule has 2 aromatic heterocycles. The first-order valence-corrected chi connectivity index (χ1v) is 9.23. The van der Waals surface area contributed by atoms with Crippen LogP contribution in [0, 0.1) is 6.92 Å². The van der Waals surface area contributed by atoms with Gasteiger partial charge in [-0.15, -0.1) is 0 Å². The van der Waals surface area contributed by atoms with Crippen LogP contribution >= 0.6 is 0 Å². The van der Waals surface area contributed by atoms with Gasteiger partial charge in [0.2, 0.25) is 0 Å². The van der Waals surface area contributed by atoms with Crippen LogP contribution < -0.4 is 10.6 Å². The van der Waals surface area contributed by atoms with Crippen molar-refractivity contribution in [2.45, 2.75) is 13.0 Å². The Bertz CT molecular complexity index is 1240. The second-order valence-electron chi connectivity index (χ2n) is 6.98. The fourth-order valence-electron chi connectivity index (χ4n) is 3.50. The molecule has 2 N–H and O–H groups in total. The Hall–Kier alpha value is -4.00. The van der Waals surface area contributed by atoms with Gasteiger partial charge in [0.25, 0.3) is 5.91 Å². The maximum atomic E-state index is 12.1. The lowest BCUT2D eigenvalue weighted by atomic mass is 10.0. The van der Waals surface area contributed by atoms with Crippen molar-refractivity contribution in [1.82, 2.24) is 30.2 Å². The van der Waals surface area contributed by atoms with Gasteiger partial charge < -0.3 is 10.6 Å². The van der Waals surface area contributed by atoms with E-state index in [0.717, 1.165) is 22.6 Å². The van der Waals surface area contributed by atoms with Gasteiger partial charge in [-0.1, -0.05) is 48.5 Å². The number of imidazole rings is 1. The van der Waals surface area contributed by atoms with Crippen LogP contribution in [0.4, 0.5) is 0 Å². The van der Waals surface area contributed by atoms with Crippen LogP contribution in [0.1, 0.15) is 17.2 Å². The van der Waals surface area contributed by atoms with Crippen LogP contribution in [0.2, 0.25) is 0 Å². The Labute approximate surface area is 167 Å². The molecule has 1 amide bonds. The van der Waals surface area contributed by atoms with Gasteiger partial charge in [0, 0.05) is 23.6 Å². The molecule has 0 radical (unpaired) electrons. The molecule has 7 nitrogen and oxygen atoms in total. The molecule has 0 saturated carbocycles. The number of carbonyl (C=O) groups excluding carboxylic acids is 1. The number of benzene rings is 2. The van der Waals surface area contributed by atoms with Crippen molar-refractivity contribution in [3.05, 3.63) is 84.5 Å². The predicted octanol–water partition coefficient (Wildman–Crippen LogP) is 3.02. The average molecular weight is 382 g/mol. The minimum Gasteiger partial charge on any atom is -0.357 e. The van der Waals surface area contributed by atoms with Gasteiger partial charge in [0.05, 0.1) is 5.82 Å². The van der Waals surface area contributed by atoms with Gasteiger partial charge in [-0.05, 0) is 24.6 Å². The number of nitrogens with one attached hydrogen (secondary N) is 2. The van der Waals surface area contributed by atoms with Crippen molar-refractivity contribution in [2.75, 3.05) is 0 Å². The minimum absolute atomic E-state index is 0.108. The van der Waals surface area contributed by atoms with Crippen molar-refractivity contribution >= 4 is 17.2 Å². The van der Waals surface area contributed by atoms with Crippen molar-refractivity contribution < 1.29 is 4.79 Å². The van der Waals surface area contributed by atoms with Gasteiger partial charge in [-0.25, -0.2) is 15.0 Å². The van der Waals surface area contributed by atoms with Crippen LogP contribution in [-0.4, -0.2) is 25.4 Å². The minimum atomic E-state index is -0.434. The Kier molecular flexibility index (Phi) is 3.87. The molecule has 1 atom stereocenters. The lowest BCUT2D eigenvalue weighted by molar-refractivity contribution is -0.120. The highest BCUT2D eigenvalue weighted by molar-refractivity contribution is 5.87. The third kappa shape index (κ3) is 2.93. The first-order chi connectivity index (χ1) is 14.1. The van der Waals surface area contributed by atoms with E-state index in [-0.39, 0.29) is 5.91 Å². The van der Waals surface area contributed by atoms with Crippen LogP contribution in [-0.2, 0) is 4.79 Å². The van der Waals surface area contributed by atoms with Gasteiger partial charge in [-0.2, -0.15) is 0 Å². The number of fused-ring (bicyclic) bond motifs is 1. The summed E-state index contributed by atoms with van der Waals surface area (Å²) in [5.74, 6) is 1.15. The van der Waals surface area contributed by atoms with Crippen LogP contribution in [0.5, 0.6) is 0 Å². The summed E-state index contributed by atoms with van der Waals surface area (Å²) in [6, 6.07) is 15.5. The molecule has 1 aliphatic rings. The molecule has 29 heavy (non-hydrogen) atoms. The highest BCUT2D eigenvalue weighted by atomic mass is 16.2. The molecule has 1 unspecified atom stereocenters. The topological polar surface area (TPSA) is 84.7 Å². The summed E-state index contributed by atoms with van der Waals surface area (Å²) in [7, 11) is 0. The van der Waals surface area contributed by atoms with E-state index in [1.165, 1.54) is 5.56 Å². The van der Waals surface area contributed by atoms with Crippen LogP contribution in [0.3, 0.4) is 0 Å². The smallest absolute Gasteiger partial charge is 0.252 e. The molecule has 1 aliphatic heterocycles. The van der Waals surface area contributed by atoms with Gasteiger partial charge in [-0.3, -0.25) is 9.36 Å². The normalized spacial score (nSPS) is 16.1. The molecule has 4 aromatic rings. The summed E-state index contributed by atoms with van der Waals surface area (Å²) in [6.07, 6.45) is 3.30. The number of aromatic nitrogens is 4. The average Bonchev–Trinajstić information content (AvgIpc) is 3.28. The van der Waals surface area contributed by atoms with E-state index in [1.54, 1.807) is 12.4 Å². The number of aryl methyl sites for hydroxylation is 1. The van der Waals surface area contributed by atoms with Crippen molar-refractivity contribution in [3.63, 3.8) is 0 Å². The molecule has 1 fully saturated rings. The Morgan fingerprint density at radius 2 is 1.72 bits per heavy atom. The molecule has 0 bridgehead atoms. The van der Waals surface area contributed by atoms with Gasteiger partial charge >= 0.3 is 0 Å². The molecule has 0 aliphatic carbocycles. The fraction of sp³-hybridized carbons (Fsp3) is 0.0909. The quantitative estimate of drug-likeness (QED) is 0.569. The molecular formula is C22H18N6O. The highest BCUT2D eigenvalue weighted by Crippen LogP contribution is 2.28. The number of carbonyl (C=O) groups is 1. The van der Waals surface area contributed by atoms with E-state index in [1.807, 2.05) is 41.0 Å². The summed E-state index contributed by atoms with van der Waals surface area (Å²) in [5, 5.41) is 5.73. The second kappa shape index (κ2) is 6.56. The van der Waals surface area contributed by atoms with Crippen molar-refractivity contribution in [3.8, 4) is 17.1 Å². The second-order valence-corrected chi connectivity index (χ2v) is 6.98. The number of rotatable bonds is 3. The number of hydrogen-bond donors (Lipinski definition) is 2. The van der Waals surface area contributed by atoms with Crippen LogP contribution in [0.25, 0.3) is 28.4 Å². The number of nitrogens with zero attached hydrogens (tertiary/aromatic N) is 4. The molecule has 2 aromatic carbocycles. The summed E-state index contributed by atoms with van der Waals surface area (Å²) in [5.41, 5.74) is 5.19. The molecule has 3 heterocycles. The van der Waals surface area contributed by atoms with E-state index in [0.29, 0.717) is 17.1 Å².